The number of aromatic amines is 1. The molecule has 0 bridgehead atoms. The van der Waals surface area contributed by atoms with Gasteiger partial charge in [0.25, 0.3) is 5.56 Å². The molecule has 0 unspecified atom stereocenters. The van der Waals surface area contributed by atoms with E-state index in [1.165, 1.54) is 17.9 Å². The Balaban J connectivity index is 1.72. The van der Waals surface area contributed by atoms with E-state index in [1.807, 2.05) is 0 Å². The summed E-state index contributed by atoms with van der Waals surface area (Å²) in [6.07, 6.45) is 0.0701. The van der Waals surface area contributed by atoms with Crippen LogP contribution in [0.4, 0.5) is 0 Å². The molecule has 1 aliphatic rings. The quantitative estimate of drug-likeness (QED) is 0.337. The van der Waals surface area contributed by atoms with Crippen molar-refractivity contribution in [1.82, 2.24) is 9.55 Å². The fourth-order valence-electron chi connectivity index (χ4n) is 2.99. The number of methoxy groups -OCH3 is 1. The van der Waals surface area contributed by atoms with Gasteiger partial charge in [0, 0.05) is 23.1 Å². The van der Waals surface area contributed by atoms with E-state index in [2.05, 4.69) is 15.0 Å². The van der Waals surface area contributed by atoms with Crippen molar-refractivity contribution in [2.24, 2.45) is 5.11 Å². The number of aromatic nitrogens is 2. The monoisotopic (exact) mass is 401 g/mol. The molecule has 2 heterocycles. The number of hydrogen-bond acceptors (Lipinski definition) is 7. The second-order valence-corrected chi connectivity index (χ2v) is 6.44. The maximum Gasteiger partial charge on any atom is 0.338 e. The Morgan fingerprint density at radius 1 is 1.38 bits per heavy atom. The van der Waals surface area contributed by atoms with Crippen LogP contribution in [0.5, 0.6) is 5.75 Å². The van der Waals surface area contributed by atoms with Crippen molar-refractivity contribution in [2.75, 3.05) is 13.7 Å². The van der Waals surface area contributed by atoms with Gasteiger partial charge in [-0.2, -0.15) is 0 Å². The smallest absolute Gasteiger partial charge is 0.338 e. The second kappa shape index (κ2) is 8.63. The van der Waals surface area contributed by atoms with E-state index in [9.17, 15) is 14.4 Å². The highest BCUT2D eigenvalue weighted by Gasteiger charge is 2.37. The lowest BCUT2D eigenvalue weighted by atomic mass is 10.1. The first-order valence-electron chi connectivity index (χ1n) is 8.76. The van der Waals surface area contributed by atoms with Crippen molar-refractivity contribution in [1.29, 1.82) is 0 Å². The van der Waals surface area contributed by atoms with Crippen LogP contribution in [-0.2, 0) is 9.47 Å². The zero-order chi connectivity index (χ0) is 21.0. The van der Waals surface area contributed by atoms with E-state index in [0.717, 1.165) is 0 Å². The predicted octanol–water partition coefficient (Wildman–Crippen LogP) is 1.68. The highest BCUT2D eigenvalue weighted by molar-refractivity contribution is 5.89. The first-order chi connectivity index (χ1) is 13.9. The van der Waals surface area contributed by atoms with Crippen molar-refractivity contribution < 1.29 is 19.0 Å². The third-order valence-corrected chi connectivity index (χ3v) is 4.56. The number of rotatable bonds is 6. The van der Waals surface area contributed by atoms with Crippen molar-refractivity contribution in [3.05, 3.63) is 72.9 Å². The first kappa shape index (κ1) is 20.2. The van der Waals surface area contributed by atoms with E-state index in [-0.39, 0.29) is 13.0 Å². The maximum atomic E-state index is 12.2. The van der Waals surface area contributed by atoms with Crippen LogP contribution < -0.4 is 16.0 Å². The number of ether oxygens (including phenoxy) is 3. The maximum absolute atomic E-state index is 12.2. The van der Waals surface area contributed by atoms with Gasteiger partial charge in [-0.3, -0.25) is 14.3 Å². The summed E-state index contributed by atoms with van der Waals surface area (Å²) in [7, 11) is 1.52. The Hall–Kier alpha value is -3.56. The largest absolute Gasteiger partial charge is 0.497 e. The topological polar surface area (TPSA) is 148 Å². The van der Waals surface area contributed by atoms with E-state index in [1.54, 1.807) is 31.2 Å². The highest BCUT2D eigenvalue weighted by Crippen LogP contribution is 2.30. The van der Waals surface area contributed by atoms with Crippen LogP contribution in [-0.4, -0.2) is 41.4 Å². The molecule has 0 saturated carbocycles. The molecule has 1 aromatic carbocycles. The molecule has 3 rings (SSSR count). The minimum atomic E-state index is -0.766. The summed E-state index contributed by atoms with van der Waals surface area (Å²) in [5, 5.41) is 3.68. The van der Waals surface area contributed by atoms with Crippen LogP contribution in [0.2, 0.25) is 0 Å². The highest BCUT2D eigenvalue weighted by atomic mass is 16.6. The van der Waals surface area contributed by atoms with Gasteiger partial charge in [-0.15, -0.1) is 0 Å². The molecule has 0 amide bonds. The summed E-state index contributed by atoms with van der Waals surface area (Å²) < 4.78 is 17.3. The summed E-state index contributed by atoms with van der Waals surface area (Å²) in [5.41, 5.74) is 8.35. The third-order valence-electron chi connectivity index (χ3n) is 4.56. The van der Waals surface area contributed by atoms with Gasteiger partial charge in [0.1, 0.15) is 24.7 Å². The van der Waals surface area contributed by atoms with E-state index in [0.29, 0.717) is 16.9 Å². The van der Waals surface area contributed by atoms with Gasteiger partial charge in [-0.05, 0) is 36.7 Å². The third kappa shape index (κ3) is 4.48. The molecule has 1 N–H and O–H groups in total. The van der Waals surface area contributed by atoms with Crippen LogP contribution in [0.3, 0.4) is 0 Å². The van der Waals surface area contributed by atoms with E-state index >= 15 is 0 Å². The summed E-state index contributed by atoms with van der Waals surface area (Å²) in [4.78, 5) is 40.9. The van der Waals surface area contributed by atoms with Gasteiger partial charge in [-0.1, -0.05) is 5.11 Å². The molecule has 152 valence electrons. The normalized spacial score (nSPS) is 20.7. The lowest BCUT2D eigenvalue weighted by molar-refractivity contribution is -0.0363. The molecular formula is C18H19N5O6. The van der Waals surface area contributed by atoms with Crippen LogP contribution in [0.25, 0.3) is 10.4 Å². The fraction of sp³-hybridized carbons (Fsp3) is 0.389. The lowest BCUT2D eigenvalue weighted by Crippen LogP contribution is -2.33. The average molecular weight is 401 g/mol. The summed E-state index contributed by atoms with van der Waals surface area (Å²) >= 11 is 0. The second-order valence-electron chi connectivity index (χ2n) is 6.44. The zero-order valence-corrected chi connectivity index (χ0v) is 15.8. The van der Waals surface area contributed by atoms with Gasteiger partial charge >= 0.3 is 11.7 Å². The van der Waals surface area contributed by atoms with Crippen molar-refractivity contribution >= 4 is 5.97 Å². The van der Waals surface area contributed by atoms with Crippen LogP contribution in [0.15, 0.2) is 45.2 Å². The molecular weight excluding hydrogens is 382 g/mol. The van der Waals surface area contributed by atoms with E-state index in [4.69, 9.17) is 19.7 Å². The number of hydrogen-bond donors (Lipinski definition) is 1. The number of carbonyl (C=O) groups excluding carboxylic acids is 1. The molecule has 1 aliphatic heterocycles. The number of azide groups is 1. The average Bonchev–Trinajstić information content (AvgIpc) is 3.11. The predicted molar refractivity (Wildman–Crippen MR) is 101 cm³/mol. The Kier molecular flexibility index (Phi) is 6.01. The number of esters is 1. The molecule has 11 heteroatoms. The lowest BCUT2D eigenvalue weighted by Gasteiger charge is -2.17. The summed E-state index contributed by atoms with van der Waals surface area (Å²) in [6, 6.07) is 5.74. The van der Waals surface area contributed by atoms with Crippen LogP contribution in [0.1, 0.15) is 28.6 Å². The van der Waals surface area contributed by atoms with Gasteiger partial charge in [0.2, 0.25) is 0 Å². The number of benzene rings is 1. The molecule has 29 heavy (non-hydrogen) atoms. The fourth-order valence-corrected chi connectivity index (χ4v) is 2.99. The molecule has 1 aromatic heterocycles. The molecule has 0 aliphatic carbocycles. The minimum absolute atomic E-state index is 0.165. The standard InChI is InChI=1S/C18H19N5O6/c1-10-8-23(18(26)20-16(10)24)15-7-13(21-22-19)14(29-15)9-28-17(25)11-3-5-12(27-2)6-4-11/h3-6,8,13-15H,7,9H2,1-2H3,(H,20,24,26)/t13-,14-,15-/m1/s1. The zero-order valence-electron chi connectivity index (χ0n) is 15.8. The molecule has 3 atom stereocenters. The Labute approximate surface area is 164 Å². The van der Waals surface area contributed by atoms with Gasteiger partial charge in [0.05, 0.1) is 18.7 Å². The molecule has 0 spiro atoms. The van der Waals surface area contributed by atoms with Crippen molar-refractivity contribution in [3.8, 4) is 5.75 Å². The molecule has 0 radical (unpaired) electrons. The van der Waals surface area contributed by atoms with Gasteiger partial charge in [-0.25, -0.2) is 9.59 Å². The first-order valence-corrected chi connectivity index (χ1v) is 8.76. The number of nitrogens with one attached hydrogen (secondary N) is 1. The van der Waals surface area contributed by atoms with E-state index < -0.39 is 35.6 Å². The van der Waals surface area contributed by atoms with Crippen molar-refractivity contribution in [3.63, 3.8) is 0 Å². The number of nitrogens with zero attached hydrogens (tertiary/aromatic N) is 4. The minimum Gasteiger partial charge on any atom is -0.497 e. The molecule has 1 saturated heterocycles. The SMILES string of the molecule is COc1ccc(C(=O)OC[C@H]2O[C@@H](n3cc(C)c(=O)[nH]c3=O)C[C@H]2N=[N+]=[N-])cc1. The summed E-state index contributed by atoms with van der Waals surface area (Å²) in [5.74, 6) is 0.0324. The van der Waals surface area contributed by atoms with Crippen molar-refractivity contribution in [2.45, 2.75) is 31.7 Å². The Morgan fingerprint density at radius 3 is 2.76 bits per heavy atom. The molecule has 11 nitrogen and oxygen atoms in total. The summed E-state index contributed by atoms with van der Waals surface area (Å²) in [6.45, 7) is 1.39. The van der Waals surface area contributed by atoms with Crippen LogP contribution >= 0.6 is 0 Å². The van der Waals surface area contributed by atoms with Gasteiger partial charge < -0.3 is 14.2 Å². The Morgan fingerprint density at radius 2 is 2.10 bits per heavy atom. The number of H-pyrrole nitrogens is 1. The van der Waals surface area contributed by atoms with Crippen LogP contribution in [0, 0.1) is 6.92 Å². The Bertz CT molecular complexity index is 1050. The number of carbonyl (C=O) groups is 1. The van der Waals surface area contributed by atoms with Gasteiger partial charge in [0.15, 0.2) is 0 Å². The molecule has 1 fully saturated rings. The number of aryl methyl sites for hydroxylation is 1. The molecule has 2 aromatic rings.